The van der Waals surface area contributed by atoms with Crippen LogP contribution in [-0.2, 0) is 0 Å². The highest BCUT2D eigenvalue weighted by Crippen LogP contribution is 2.39. The Labute approximate surface area is 123 Å². The van der Waals surface area contributed by atoms with E-state index in [-0.39, 0.29) is 0 Å². The average molecular weight is 277 g/mol. The standard InChI is InChI=1S/C16H15N5/c17-9-12-14(11-5-2-1-3-6-11)13(10-18)16-20-7-4-8-21(16)15(12)19/h1-3,5-6,14,20H,4,7-8,19H2/t14-/m0/s1. The minimum Gasteiger partial charge on any atom is -0.384 e. The zero-order valence-corrected chi connectivity index (χ0v) is 11.5. The molecule has 21 heavy (non-hydrogen) atoms. The van der Waals surface area contributed by atoms with E-state index < -0.39 is 5.92 Å². The average Bonchev–Trinajstić information content (AvgIpc) is 2.55. The zero-order chi connectivity index (χ0) is 14.8. The van der Waals surface area contributed by atoms with Gasteiger partial charge in [0.05, 0.1) is 29.2 Å². The predicted octanol–water partition coefficient (Wildman–Crippen LogP) is 1.51. The second kappa shape index (κ2) is 5.22. The Bertz CT molecular complexity index is 702. The Hall–Kier alpha value is -2.92. The smallest absolute Gasteiger partial charge is 0.122 e. The maximum absolute atomic E-state index is 9.61. The number of nitrogens with one attached hydrogen (secondary N) is 1. The van der Waals surface area contributed by atoms with Gasteiger partial charge >= 0.3 is 0 Å². The third kappa shape index (κ3) is 2.00. The molecule has 1 saturated heterocycles. The van der Waals surface area contributed by atoms with Crippen molar-refractivity contribution in [2.24, 2.45) is 5.73 Å². The lowest BCUT2D eigenvalue weighted by atomic mass is 9.82. The summed E-state index contributed by atoms with van der Waals surface area (Å²) in [6.45, 7) is 1.54. The van der Waals surface area contributed by atoms with Crippen molar-refractivity contribution in [2.45, 2.75) is 12.3 Å². The van der Waals surface area contributed by atoms with E-state index in [2.05, 4.69) is 17.5 Å². The van der Waals surface area contributed by atoms with Gasteiger partial charge in [-0.05, 0) is 12.0 Å². The minimum atomic E-state index is -0.391. The summed E-state index contributed by atoms with van der Waals surface area (Å²) in [4.78, 5) is 1.85. The quantitative estimate of drug-likeness (QED) is 0.812. The molecule has 0 saturated carbocycles. The zero-order valence-electron chi connectivity index (χ0n) is 11.5. The second-order valence-corrected chi connectivity index (χ2v) is 5.06. The summed E-state index contributed by atoms with van der Waals surface area (Å²) in [6.07, 6.45) is 0.928. The number of rotatable bonds is 1. The van der Waals surface area contributed by atoms with Crippen LogP contribution in [-0.4, -0.2) is 18.0 Å². The lowest BCUT2D eigenvalue weighted by molar-refractivity contribution is 0.322. The van der Waals surface area contributed by atoms with Crippen LogP contribution in [0.3, 0.4) is 0 Å². The van der Waals surface area contributed by atoms with E-state index in [1.807, 2.05) is 35.2 Å². The van der Waals surface area contributed by atoms with E-state index >= 15 is 0 Å². The number of benzene rings is 1. The van der Waals surface area contributed by atoms with Crippen LogP contribution in [0.5, 0.6) is 0 Å². The highest BCUT2D eigenvalue weighted by molar-refractivity contribution is 5.55. The molecular weight excluding hydrogens is 262 g/mol. The fourth-order valence-electron chi connectivity index (χ4n) is 2.93. The summed E-state index contributed by atoms with van der Waals surface area (Å²) in [5.74, 6) is 0.805. The molecule has 5 nitrogen and oxygen atoms in total. The highest BCUT2D eigenvalue weighted by Gasteiger charge is 2.36. The molecule has 0 unspecified atom stereocenters. The van der Waals surface area contributed by atoms with Gasteiger partial charge in [0.1, 0.15) is 11.6 Å². The Morgan fingerprint density at radius 3 is 2.52 bits per heavy atom. The van der Waals surface area contributed by atoms with Crippen LogP contribution in [0.25, 0.3) is 0 Å². The van der Waals surface area contributed by atoms with Crippen LogP contribution < -0.4 is 11.1 Å². The predicted molar refractivity (Wildman–Crippen MR) is 78.0 cm³/mol. The number of allylic oxidation sites excluding steroid dienone is 2. The molecule has 1 aromatic carbocycles. The molecule has 0 aliphatic carbocycles. The molecule has 3 rings (SSSR count). The first kappa shape index (κ1) is 13.1. The summed E-state index contributed by atoms with van der Waals surface area (Å²) >= 11 is 0. The summed E-state index contributed by atoms with van der Waals surface area (Å²) in [6, 6.07) is 14.0. The highest BCUT2D eigenvalue weighted by atomic mass is 15.3. The normalized spacial score (nSPS) is 21.2. The Morgan fingerprint density at radius 1 is 1.14 bits per heavy atom. The molecule has 1 aromatic rings. The summed E-state index contributed by atoms with van der Waals surface area (Å²) in [5, 5.41) is 22.4. The monoisotopic (exact) mass is 277 g/mol. The van der Waals surface area contributed by atoms with Crippen molar-refractivity contribution in [3.8, 4) is 12.1 Å². The van der Waals surface area contributed by atoms with E-state index in [1.165, 1.54) is 0 Å². The first-order valence-electron chi connectivity index (χ1n) is 6.88. The van der Waals surface area contributed by atoms with E-state index in [0.29, 0.717) is 17.0 Å². The van der Waals surface area contributed by atoms with Crippen molar-refractivity contribution in [3.63, 3.8) is 0 Å². The molecule has 0 amide bonds. The molecule has 0 bridgehead atoms. The second-order valence-electron chi connectivity index (χ2n) is 5.06. The first-order chi connectivity index (χ1) is 10.3. The number of nitrogens with zero attached hydrogens (tertiary/aromatic N) is 3. The van der Waals surface area contributed by atoms with Gasteiger partial charge in [0, 0.05) is 13.1 Å². The van der Waals surface area contributed by atoms with E-state index in [1.54, 1.807) is 0 Å². The van der Waals surface area contributed by atoms with Gasteiger partial charge in [0.25, 0.3) is 0 Å². The molecule has 0 spiro atoms. The van der Waals surface area contributed by atoms with Crippen molar-refractivity contribution >= 4 is 0 Å². The van der Waals surface area contributed by atoms with E-state index in [0.717, 1.165) is 30.9 Å². The van der Waals surface area contributed by atoms with Gasteiger partial charge in [-0.25, -0.2) is 0 Å². The molecule has 0 radical (unpaired) electrons. The largest absolute Gasteiger partial charge is 0.384 e. The molecule has 1 fully saturated rings. The Morgan fingerprint density at radius 2 is 1.86 bits per heavy atom. The van der Waals surface area contributed by atoms with E-state index in [9.17, 15) is 10.5 Å². The molecule has 5 heteroatoms. The first-order valence-corrected chi connectivity index (χ1v) is 6.88. The van der Waals surface area contributed by atoms with Crippen LogP contribution in [0, 0.1) is 22.7 Å². The van der Waals surface area contributed by atoms with Crippen LogP contribution in [0.15, 0.2) is 53.1 Å². The number of nitrogens with two attached hydrogens (primary N) is 1. The van der Waals surface area contributed by atoms with Crippen LogP contribution >= 0.6 is 0 Å². The molecule has 1 atom stereocenters. The third-order valence-corrected chi connectivity index (χ3v) is 3.89. The molecule has 3 N–H and O–H groups in total. The Kier molecular flexibility index (Phi) is 3.25. The van der Waals surface area contributed by atoms with Crippen molar-refractivity contribution in [2.75, 3.05) is 13.1 Å². The van der Waals surface area contributed by atoms with Gasteiger partial charge in [0.2, 0.25) is 0 Å². The lowest BCUT2D eigenvalue weighted by Gasteiger charge is -2.39. The molecule has 2 heterocycles. The molecule has 104 valence electrons. The van der Waals surface area contributed by atoms with Crippen molar-refractivity contribution in [3.05, 3.63) is 58.7 Å². The van der Waals surface area contributed by atoms with Crippen LogP contribution in [0.2, 0.25) is 0 Å². The van der Waals surface area contributed by atoms with Gasteiger partial charge < -0.3 is 16.0 Å². The van der Waals surface area contributed by atoms with Crippen LogP contribution in [0.4, 0.5) is 0 Å². The number of nitriles is 2. The van der Waals surface area contributed by atoms with Gasteiger partial charge in [-0.2, -0.15) is 10.5 Å². The fourth-order valence-corrected chi connectivity index (χ4v) is 2.93. The fraction of sp³-hybridized carbons (Fsp3) is 0.250. The van der Waals surface area contributed by atoms with Crippen LogP contribution in [0.1, 0.15) is 17.9 Å². The summed E-state index contributed by atoms with van der Waals surface area (Å²) in [7, 11) is 0. The molecular formula is C16H15N5. The maximum Gasteiger partial charge on any atom is 0.122 e. The lowest BCUT2D eigenvalue weighted by Crippen LogP contribution is -2.45. The van der Waals surface area contributed by atoms with Gasteiger partial charge in [0.15, 0.2) is 0 Å². The van der Waals surface area contributed by atoms with Crippen molar-refractivity contribution < 1.29 is 0 Å². The topological polar surface area (TPSA) is 88.9 Å². The van der Waals surface area contributed by atoms with Gasteiger partial charge in [-0.15, -0.1) is 0 Å². The molecule has 2 aliphatic heterocycles. The minimum absolute atomic E-state index is 0.391. The summed E-state index contributed by atoms with van der Waals surface area (Å²) < 4.78 is 0. The van der Waals surface area contributed by atoms with Gasteiger partial charge in [-0.1, -0.05) is 30.3 Å². The van der Waals surface area contributed by atoms with Gasteiger partial charge in [-0.3, -0.25) is 0 Å². The molecule has 0 aromatic heterocycles. The molecule has 2 aliphatic rings. The van der Waals surface area contributed by atoms with Crippen molar-refractivity contribution in [1.82, 2.24) is 10.2 Å². The number of fused-ring (bicyclic) bond motifs is 1. The Balaban J connectivity index is 2.20. The van der Waals surface area contributed by atoms with Crippen molar-refractivity contribution in [1.29, 1.82) is 10.5 Å². The maximum atomic E-state index is 9.61. The SMILES string of the molecule is N#CC1=C(N)N2CCCNC2=C(C#N)[C@H]1c1ccccc1. The number of hydrogen-bond donors (Lipinski definition) is 2. The number of hydrogen-bond acceptors (Lipinski definition) is 5. The van der Waals surface area contributed by atoms with E-state index in [4.69, 9.17) is 5.73 Å². The third-order valence-electron chi connectivity index (χ3n) is 3.89. The summed E-state index contributed by atoms with van der Waals surface area (Å²) in [5.41, 5.74) is 8.11.